The number of benzene rings is 1. The van der Waals surface area contributed by atoms with Crippen LogP contribution in [0.1, 0.15) is 41.8 Å². The maximum Gasteiger partial charge on any atom is 0.239 e. The Morgan fingerprint density at radius 2 is 2.18 bits per heavy atom. The number of primary amides is 1. The summed E-state index contributed by atoms with van der Waals surface area (Å²) in [5.74, 6) is 0.0642. The lowest BCUT2D eigenvalue weighted by atomic mass is 9.92. The molecule has 2 heterocycles. The van der Waals surface area contributed by atoms with Gasteiger partial charge in [0, 0.05) is 18.2 Å². The summed E-state index contributed by atoms with van der Waals surface area (Å²) >= 11 is 0. The number of nitrogens with two attached hydrogens (primary N) is 1. The lowest BCUT2D eigenvalue weighted by Gasteiger charge is -2.36. The molecule has 2 aromatic rings. The molecule has 1 aliphatic heterocycles. The second kappa shape index (κ2) is 6.32. The number of likely N-dealkylation sites (tertiary alicyclic amines) is 1. The van der Waals surface area contributed by atoms with Crippen molar-refractivity contribution in [3.8, 4) is 0 Å². The van der Waals surface area contributed by atoms with Crippen molar-refractivity contribution in [2.75, 3.05) is 13.1 Å². The van der Waals surface area contributed by atoms with Crippen LogP contribution in [-0.4, -0.2) is 34.1 Å². The van der Waals surface area contributed by atoms with Crippen LogP contribution < -0.4 is 5.73 Å². The van der Waals surface area contributed by atoms with E-state index in [1.807, 2.05) is 37.3 Å². The lowest BCUT2D eigenvalue weighted by Crippen LogP contribution is -2.43. The van der Waals surface area contributed by atoms with Crippen LogP contribution in [0, 0.1) is 6.92 Å². The number of H-pyrrole nitrogens is 1. The van der Waals surface area contributed by atoms with Crippen molar-refractivity contribution < 1.29 is 4.79 Å². The lowest BCUT2D eigenvalue weighted by molar-refractivity contribution is -0.124. The average Bonchev–Trinajstić information content (AvgIpc) is 2.95. The van der Waals surface area contributed by atoms with E-state index in [4.69, 9.17) is 5.73 Å². The number of carbonyl (C=O) groups excluding carboxylic acids is 1. The average molecular weight is 298 g/mol. The number of piperidine rings is 1. The van der Waals surface area contributed by atoms with Gasteiger partial charge in [-0.3, -0.25) is 14.8 Å². The van der Waals surface area contributed by atoms with Crippen LogP contribution in [0.25, 0.3) is 0 Å². The highest BCUT2D eigenvalue weighted by Crippen LogP contribution is 2.31. The maximum atomic E-state index is 12.0. The fraction of sp³-hybridized carbons (Fsp3) is 0.412. The number of aromatic nitrogens is 2. The Morgan fingerprint density at radius 3 is 2.82 bits per heavy atom. The first kappa shape index (κ1) is 14.8. The summed E-state index contributed by atoms with van der Waals surface area (Å²) in [6.07, 6.45) is 2.15. The summed E-state index contributed by atoms with van der Waals surface area (Å²) in [5.41, 5.74) is 8.80. The van der Waals surface area contributed by atoms with Crippen LogP contribution in [0.5, 0.6) is 0 Å². The highest BCUT2D eigenvalue weighted by molar-refractivity contribution is 5.81. The number of aryl methyl sites for hydroxylation is 1. The van der Waals surface area contributed by atoms with Gasteiger partial charge in [-0.25, -0.2) is 0 Å². The Bertz CT molecular complexity index is 637. The summed E-state index contributed by atoms with van der Waals surface area (Å²) in [6.45, 7) is 3.71. The van der Waals surface area contributed by atoms with Gasteiger partial charge in [-0.05, 0) is 37.9 Å². The minimum atomic E-state index is -0.357. The minimum Gasteiger partial charge on any atom is -0.368 e. The molecule has 0 bridgehead atoms. The molecular formula is C17H22N4O. The molecule has 5 heteroatoms. The molecule has 3 N–H and O–H groups in total. The van der Waals surface area contributed by atoms with Gasteiger partial charge in [0.1, 0.15) is 6.04 Å². The molecule has 3 rings (SSSR count). The Labute approximate surface area is 130 Å². The topological polar surface area (TPSA) is 75.0 Å². The van der Waals surface area contributed by atoms with Crippen LogP contribution in [0.15, 0.2) is 36.4 Å². The van der Waals surface area contributed by atoms with Crippen molar-refractivity contribution in [2.45, 2.75) is 31.7 Å². The van der Waals surface area contributed by atoms with Gasteiger partial charge in [-0.2, -0.15) is 5.10 Å². The van der Waals surface area contributed by atoms with E-state index in [0.29, 0.717) is 5.92 Å². The van der Waals surface area contributed by atoms with Gasteiger partial charge in [-0.15, -0.1) is 0 Å². The van der Waals surface area contributed by atoms with Crippen LogP contribution >= 0.6 is 0 Å². The normalized spacial score (nSPS) is 20.7. The van der Waals surface area contributed by atoms with E-state index in [2.05, 4.69) is 21.2 Å². The van der Waals surface area contributed by atoms with E-state index in [9.17, 15) is 4.79 Å². The quantitative estimate of drug-likeness (QED) is 0.908. The molecule has 2 atom stereocenters. The first-order valence-electron chi connectivity index (χ1n) is 7.75. The summed E-state index contributed by atoms with van der Waals surface area (Å²) in [6, 6.07) is 11.5. The molecule has 1 aliphatic rings. The predicted molar refractivity (Wildman–Crippen MR) is 85.3 cm³/mol. The van der Waals surface area contributed by atoms with Gasteiger partial charge in [0.15, 0.2) is 0 Å². The molecule has 22 heavy (non-hydrogen) atoms. The summed E-state index contributed by atoms with van der Waals surface area (Å²) in [5, 5.41) is 7.39. The molecule has 116 valence electrons. The van der Waals surface area contributed by atoms with Crippen LogP contribution in [-0.2, 0) is 4.79 Å². The Morgan fingerprint density at radius 1 is 1.41 bits per heavy atom. The minimum absolute atomic E-state index is 0.287. The van der Waals surface area contributed by atoms with Gasteiger partial charge < -0.3 is 5.73 Å². The molecule has 0 spiro atoms. The Hall–Kier alpha value is -2.14. The first-order chi connectivity index (χ1) is 10.6. The van der Waals surface area contributed by atoms with E-state index in [1.54, 1.807) is 0 Å². The van der Waals surface area contributed by atoms with Crippen molar-refractivity contribution in [1.82, 2.24) is 15.1 Å². The highest BCUT2D eigenvalue weighted by Gasteiger charge is 2.31. The highest BCUT2D eigenvalue weighted by atomic mass is 16.1. The van der Waals surface area contributed by atoms with Crippen molar-refractivity contribution in [1.29, 1.82) is 0 Å². The van der Waals surface area contributed by atoms with Crippen molar-refractivity contribution in [2.24, 2.45) is 5.73 Å². The Balaban J connectivity index is 1.81. The number of hydrogen-bond acceptors (Lipinski definition) is 3. The summed E-state index contributed by atoms with van der Waals surface area (Å²) in [7, 11) is 0. The zero-order chi connectivity index (χ0) is 15.5. The maximum absolute atomic E-state index is 12.0. The molecule has 5 nitrogen and oxygen atoms in total. The SMILES string of the molecule is Cc1cc(C2CCCN(C(C(N)=O)c3ccccc3)C2)n[nH]1. The number of carbonyl (C=O) groups is 1. The van der Waals surface area contributed by atoms with E-state index in [-0.39, 0.29) is 11.9 Å². The van der Waals surface area contributed by atoms with Gasteiger partial charge in [0.05, 0.1) is 5.69 Å². The van der Waals surface area contributed by atoms with Crippen LogP contribution in [0.4, 0.5) is 0 Å². The van der Waals surface area contributed by atoms with Gasteiger partial charge >= 0.3 is 0 Å². The first-order valence-corrected chi connectivity index (χ1v) is 7.75. The molecule has 1 saturated heterocycles. The number of rotatable bonds is 4. The van der Waals surface area contributed by atoms with Crippen molar-refractivity contribution in [3.05, 3.63) is 53.3 Å². The molecule has 1 amide bonds. The third-order valence-corrected chi connectivity index (χ3v) is 4.35. The van der Waals surface area contributed by atoms with Gasteiger partial charge in [0.25, 0.3) is 0 Å². The molecule has 0 saturated carbocycles. The third-order valence-electron chi connectivity index (χ3n) is 4.35. The number of nitrogens with one attached hydrogen (secondary N) is 1. The smallest absolute Gasteiger partial charge is 0.239 e. The van der Waals surface area contributed by atoms with E-state index in [0.717, 1.165) is 42.9 Å². The van der Waals surface area contributed by atoms with Crippen LogP contribution in [0.2, 0.25) is 0 Å². The predicted octanol–water partition coefficient (Wildman–Crippen LogP) is 2.12. The molecular weight excluding hydrogens is 276 g/mol. The second-order valence-electron chi connectivity index (χ2n) is 6.03. The molecule has 0 radical (unpaired) electrons. The monoisotopic (exact) mass is 298 g/mol. The van der Waals surface area contributed by atoms with E-state index >= 15 is 0 Å². The molecule has 1 aromatic heterocycles. The van der Waals surface area contributed by atoms with Crippen molar-refractivity contribution in [3.63, 3.8) is 0 Å². The number of aromatic amines is 1. The van der Waals surface area contributed by atoms with E-state index < -0.39 is 0 Å². The van der Waals surface area contributed by atoms with Gasteiger partial charge in [0.2, 0.25) is 5.91 Å². The van der Waals surface area contributed by atoms with Crippen LogP contribution in [0.3, 0.4) is 0 Å². The largest absolute Gasteiger partial charge is 0.368 e. The second-order valence-corrected chi connectivity index (χ2v) is 6.03. The standard InChI is InChI=1S/C17H22N4O/c1-12-10-15(20-19-12)14-8-5-9-21(11-14)16(17(18)22)13-6-3-2-4-7-13/h2-4,6-7,10,14,16H,5,8-9,11H2,1H3,(H2,18,22)(H,19,20). The van der Waals surface area contributed by atoms with E-state index in [1.165, 1.54) is 0 Å². The molecule has 1 fully saturated rings. The molecule has 2 unspecified atom stereocenters. The molecule has 1 aromatic carbocycles. The van der Waals surface area contributed by atoms with Gasteiger partial charge in [-0.1, -0.05) is 30.3 Å². The molecule has 0 aliphatic carbocycles. The summed E-state index contributed by atoms with van der Waals surface area (Å²) in [4.78, 5) is 14.2. The zero-order valence-electron chi connectivity index (χ0n) is 12.8. The number of amides is 1. The van der Waals surface area contributed by atoms with Crippen molar-refractivity contribution >= 4 is 5.91 Å². The number of nitrogens with zero attached hydrogens (tertiary/aromatic N) is 2. The number of hydrogen-bond donors (Lipinski definition) is 2. The fourth-order valence-corrected chi connectivity index (χ4v) is 3.32. The summed E-state index contributed by atoms with van der Waals surface area (Å²) < 4.78 is 0. The Kier molecular flexibility index (Phi) is 4.24. The third kappa shape index (κ3) is 3.04. The zero-order valence-corrected chi connectivity index (χ0v) is 12.8. The fourth-order valence-electron chi connectivity index (χ4n) is 3.32.